The lowest BCUT2D eigenvalue weighted by molar-refractivity contribution is -0.145. The van der Waals surface area contributed by atoms with Crippen LogP contribution in [-0.4, -0.2) is 70.1 Å². The van der Waals surface area contributed by atoms with Crippen LogP contribution in [0.4, 0.5) is 0 Å². The fraction of sp³-hybridized carbons (Fsp3) is 0.750. The first-order valence-corrected chi connectivity index (χ1v) is 10.6. The smallest absolute Gasteiger partial charge is 0.328 e. The quantitative estimate of drug-likeness (QED) is 0.157. The Bertz CT molecular complexity index is 685. The van der Waals surface area contributed by atoms with Gasteiger partial charge < -0.3 is 37.6 Å². The van der Waals surface area contributed by atoms with Gasteiger partial charge in [-0.05, 0) is 18.8 Å². The Kier molecular flexibility index (Phi) is 12.5. The van der Waals surface area contributed by atoms with Crippen molar-refractivity contribution in [3.63, 3.8) is 0 Å². The lowest BCUT2D eigenvalue weighted by atomic mass is 9.94. The predicted octanol–water partition coefficient (Wildman–Crippen LogP) is -1.80. The molecule has 0 aromatic rings. The van der Waals surface area contributed by atoms with Crippen molar-refractivity contribution in [3.05, 3.63) is 0 Å². The number of nitrogens with two attached hydrogens (primary N) is 2. The van der Waals surface area contributed by atoms with Gasteiger partial charge in [0.2, 0.25) is 23.6 Å². The van der Waals surface area contributed by atoms with Gasteiger partial charge in [-0.3, -0.25) is 19.2 Å². The molecule has 7 atom stereocenters. The lowest BCUT2D eigenvalue weighted by Gasteiger charge is -2.30. The molecular weight excluding hydrogens is 422 g/mol. The average molecular weight is 460 g/mol. The van der Waals surface area contributed by atoms with Gasteiger partial charge in [0, 0.05) is 0 Å². The van der Waals surface area contributed by atoms with Crippen molar-refractivity contribution >= 4 is 29.6 Å². The van der Waals surface area contributed by atoms with Crippen LogP contribution in [0, 0.1) is 11.8 Å². The van der Waals surface area contributed by atoms with Crippen molar-refractivity contribution in [2.45, 2.75) is 84.2 Å². The van der Waals surface area contributed by atoms with Crippen LogP contribution in [0.15, 0.2) is 0 Å². The third-order valence-electron chi connectivity index (χ3n) is 5.39. The van der Waals surface area contributed by atoms with E-state index in [0.29, 0.717) is 12.8 Å². The van der Waals surface area contributed by atoms with Crippen LogP contribution in [0.2, 0.25) is 0 Å². The molecule has 0 aliphatic heterocycles. The minimum Gasteiger partial charge on any atom is -0.480 e. The number of carbonyl (C=O) groups excluding carboxylic acids is 4. The molecule has 0 heterocycles. The maximum absolute atomic E-state index is 13.0. The zero-order valence-electron chi connectivity index (χ0n) is 19.3. The first-order valence-electron chi connectivity index (χ1n) is 10.6. The summed E-state index contributed by atoms with van der Waals surface area (Å²) in [6, 6.07) is -4.96. The number of primary amides is 1. The number of aliphatic hydroxyl groups is 1. The van der Waals surface area contributed by atoms with E-state index in [0.717, 1.165) is 0 Å². The highest BCUT2D eigenvalue weighted by atomic mass is 16.4. The van der Waals surface area contributed by atoms with Crippen molar-refractivity contribution in [1.82, 2.24) is 16.0 Å². The highest BCUT2D eigenvalue weighted by Gasteiger charge is 2.35. The lowest BCUT2D eigenvalue weighted by Crippen LogP contribution is -2.61. The summed E-state index contributed by atoms with van der Waals surface area (Å²) >= 11 is 0. The zero-order chi connectivity index (χ0) is 25.2. The molecule has 0 aliphatic rings. The first kappa shape index (κ1) is 29.3. The fourth-order valence-electron chi connectivity index (χ4n) is 2.85. The highest BCUT2D eigenvalue weighted by molar-refractivity contribution is 5.95. The van der Waals surface area contributed by atoms with E-state index in [9.17, 15) is 34.2 Å². The molecule has 12 heteroatoms. The van der Waals surface area contributed by atoms with Crippen molar-refractivity contribution in [1.29, 1.82) is 0 Å². The van der Waals surface area contributed by atoms with Crippen molar-refractivity contribution in [3.8, 4) is 0 Å². The van der Waals surface area contributed by atoms with Crippen LogP contribution in [0.1, 0.15) is 53.9 Å². The topological polar surface area (TPSA) is 214 Å². The van der Waals surface area contributed by atoms with Gasteiger partial charge in [0.15, 0.2) is 6.04 Å². The van der Waals surface area contributed by atoms with E-state index < -0.39 is 66.3 Å². The van der Waals surface area contributed by atoms with Crippen LogP contribution in [-0.2, 0) is 24.0 Å². The summed E-state index contributed by atoms with van der Waals surface area (Å²) in [6.45, 7) is 8.23. The Balaban J connectivity index is 5.62. The second-order valence-corrected chi connectivity index (χ2v) is 8.09. The number of aliphatic hydroxyl groups excluding tert-OH is 1. The average Bonchev–Trinajstić information content (AvgIpc) is 2.71. The van der Waals surface area contributed by atoms with Gasteiger partial charge in [-0.1, -0.05) is 40.5 Å². The molecule has 9 N–H and O–H groups in total. The molecule has 0 aliphatic carbocycles. The first-order chi connectivity index (χ1) is 14.8. The fourth-order valence-corrected chi connectivity index (χ4v) is 2.85. The third-order valence-corrected chi connectivity index (χ3v) is 5.39. The minimum absolute atomic E-state index is 0.343. The Morgan fingerprint density at radius 2 is 1.16 bits per heavy atom. The summed E-state index contributed by atoms with van der Waals surface area (Å²) in [4.78, 5) is 60.4. The van der Waals surface area contributed by atoms with Crippen molar-refractivity contribution in [2.75, 3.05) is 0 Å². The van der Waals surface area contributed by atoms with Gasteiger partial charge in [0.05, 0.1) is 18.6 Å². The minimum atomic E-state index is -1.55. The standard InChI is InChI=1S/C20H37N5O7/c1-6-9(3)14(23-17(28)12(21)8-13(22)27)18(29)24-15(10(4)7-2)19(30)25-16(11(5)26)20(31)32/h9-12,14-16,26H,6-8,21H2,1-5H3,(H2,22,27)(H,23,28)(H,24,29)(H,25,30)(H,31,32). The van der Waals surface area contributed by atoms with Gasteiger partial charge >= 0.3 is 5.97 Å². The monoisotopic (exact) mass is 459 g/mol. The third kappa shape index (κ3) is 9.18. The molecule has 184 valence electrons. The number of hydrogen-bond donors (Lipinski definition) is 7. The molecule has 0 radical (unpaired) electrons. The SMILES string of the molecule is CCC(C)C(NC(=O)C(N)CC(N)=O)C(=O)NC(C(=O)NC(C(=O)O)C(C)O)C(C)CC. The molecule has 12 nitrogen and oxygen atoms in total. The maximum atomic E-state index is 13.0. The van der Waals surface area contributed by atoms with Gasteiger partial charge in [0.25, 0.3) is 0 Å². The zero-order valence-corrected chi connectivity index (χ0v) is 19.3. The molecule has 32 heavy (non-hydrogen) atoms. The van der Waals surface area contributed by atoms with Crippen LogP contribution in [0.3, 0.4) is 0 Å². The number of carboxylic acids is 1. The van der Waals surface area contributed by atoms with Crippen LogP contribution < -0.4 is 27.4 Å². The Morgan fingerprint density at radius 1 is 0.781 bits per heavy atom. The summed E-state index contributed by atoms with van der Waals surface area (Å²) in [7, 11) is 0. The Labute approximate surface area is 187 Å². The van der Waals surface area contributed by atoms with E-state index in [4.69, 9.17) is 11.5 Å². The number of rotatable bonds is 14. The van der Waals surface area contributed by atoms with Crippen molar-refractivity contribution < 1.29 is 34.2 Å². The summed E-state index contributed by atoms with van der Waals surface area (Å²) in [5.41, 5.74) is 10.7. The summed E-state index contributed by atoms with van der Waals surface area (Å²) in [6.07, 6.45) is -0.765. The summed E-state index contributed by atoms with van der Waals surface area (Å²) in [5, 5.41) is 26.1. The van der Waals surface area contributed by atoms with Crippen LogP contribution in [0.25, 0.3) is 0 Å². The molecule has 0 fully saturated rings. The van der Waals surface area contributed by atoms with E-state index in [1.165, 1.54) is 6.92 Å². The van der Waals surface area contributed by atoms with Gasteiger partial charge in [-0.25, -0.2) is 4.79 Å². The Morgan fingerprint density at radius 3 is 1.47 bits per heavy atom. The molecule has 0 bridgehead atoms. The second kappa shape index (κ2) is 13.6. The predicted molar refractivity (Wildman–Crippen MR) is 116 cm³/mol. The molecular formula is C20H37N5O7. The van der Waals surface area contributed by atoms with Gasteiger partial charge in [-0.15, -0.1) is 0 Å². The molecule has 7 unspecified atom stereocenters. The van der Waals surface area contributed by atoms with E-state index in [1.807, 2.05) is 0 Å². The summed E-state index contributed by atoms with van der Waals surface area (Å²) < 4.78 is 0. The molecule has 0 aromatic carbocycles. The molecule has 0 spiro atoms. The van der Waals surface area contributed by atoms with Crippen molar-refractivity contribution in [2.24, 2.45) is 23.3 Å². The van der Waals surface area contributed by atoms with Crippen LogP contribution >= 0.6 is 0 Å². The van der Waals surface area contributed by atoms with Crippen LogP contribution in [0.5, 0.6) is 0 Å². The van der Waals surface area contributed by atoms with E-state index in [2.05, 4.69) is 16.0 Å². The number of carbonyl (C=O) groups is 5. The normalized spacial score (nSPS) is 17.6. The summed E-state index contributed by atoms with van der Waals surface area (Å²) in [5.74, 6) is -5.09. The van der Waals surface area contributed by atoms with E-state index in [-0.39, 0.29) is 11.8 Å². The highest BCUT2D eigenvalue weighted by Crippen LogP contribution is 2.13. The molecule has 0 saturated carbocycles. The number of amides is 4. The number of carboxylic acid groups (broad SMARTS) is 1. The Hall–Kier alpha value is -2.73. The van der Waals surface area contributed by atoms with E-state index >= 15 is 0 Å². The van der Waals surface area contributed by atoms with Gasteiger partial charge in [-0.2, -0.15) is 0 Å². The molecule has 0 saturated heterocycles. The van der Waals surface area contributed by atoms with Gasteiger partial charge in [0.1, 0.15) is 12.1 Å². The number of nitrogens with one attached hydrogen (secondary N) is 3. The molecule has 0 aromatic heterocycles. The second-order valence-electron chi connectivity index (χ2n) is 8.09. The molecule has 0 rings (SSSR count). The molecule has 4 amide bonds. The largest absolute Gasteiger partial charge is 0.480 e. The number of aliphatic carboxylic acids is 1. The number of hydrogen-bond acceptors (Lipinski definition) is 7. The van der Waals surface area contributed by atoms with E-state index in [1.54, 1.807) is 27.7 Å². The maximum Gasteiger partial charge on any atom is 0.328 e.